The molecule has 106 valence electrons. The van der Waals surface area contributed by atoms with E-state index in [0.717, 1.165) is 12.1 Å². The summed E-state index contributed by atoms with van der Waals surface area (Å²) in [5.74, 6) is 0. The van der Waals surface area contributed by atoms with Crippen LogP contribution in [0.3, 0.4) is 0 Å². The molecule has 7 heteroatoms. The Bertz CT molecular complexity index is 552. The average Bonchev–Trinajstić information content (AvgIpc) is 2.45. The predicted octanol–water partition coefficient (Wildman–Crippen LogP) is 3.83. The first kappa shape index (κ1) is 14.6. The van der Waals surface area contributed by atoms with Crippen LogP contribution in [0.25, 0.3) is 0 Å². The van der Waals surface area contributed by atoms with Gasteiger partial charge in [0.25, 0.3) is 0 Å². The molecule has 1 heterocycles. The zero-order valence-corrected chi connectivity index (χ0v) is 11.6. The third-order valence-corrected chi connectivity index (χ3v) is 5.17. The number of rotatable bonds is 2. The lowest BCUT2D eigenvalue weighted by Crippen LogP contribution is -2.18. The molecular weight excluding hydrogens is 280 g/mol. The summed E-state index contributed by atoms with van der Waals surface area (Å²) in [6, 6.07) is 3.13. The maximum Gasteiger partial charge on any atom is 0.416 e. The molecule has 0 amide bonds. The highest BCUT2D eigenvalue weighted by Gasteiger charge is 2.48. The molecule has 1 unspecified atom stereocenters. The molecule has 1 atom stereocenters. The fraction of sp³-hybridized carbons (Fsp3) is 0.500. The van der Waals surface area contributed by atoms with Gasteiger partial charge in [-0.1, -0.05) is 6.07 Å². The number of hydrogen-bond donors (Lipinski definition) is 0. The second-order valence-corrected chi connectivity index (χ2v) is 6.66. The van der Waals surface area contributed by atoms with E-state index in [0.29, 0.717) is 5.56 Å². The van der Waals surface area contributed by atoms with Crippen LogP contribution in [-0.4, -0.2) is 6.61 Å². The van der Waals surface area contributed by atoms with E-state index in [9.17, 15) is 17.7 Å². The van der Waals surface area contributed by atoms with Crippen molar-refractivity contribution in [3.05, 3.63) is 29.3 Å². The summed E-state index contributed by atoms with van der Waals surface area (Å²) in [6.45, 7) is 5.01. The molecule has 1 aliphatic heterocycles. The van der Waals surface area contributed by atoms with E-state index in [1.807, 2.05) is 0 Å². The zero-order valence-electron chi connectivity index (χ0n) is 10.7. The first-order chi connectivity index (χ1) is 8.60. The zero-order chi connectivity index (χ0) is 14.5. The van der Waals surface area contributed by atoms with Crippen molar-refractivity contribution in [1.82, 2.24) is 0 Å². The van der Waals surface area contributed by atoms with Crippen molar-refractivity contribution in [3.63, 3.8) is 0 Å². The third-order valence-electron chi connectivity index (χ3n) is 2.92. The van der Waals surface area contributed by atoms with Crippen LogP contribution in [0.15, 0.2) is 18.2 Å². The Balaban J connectivity index is 2.61. The second kappa shape index (κ2) is 4.33. The molecule has 0 aliphatic carbocycles. The van der Waals surface area contributed by atoms with Gasteiger partial charge in [0.1, 0.15) is 0 Å². The van der Waals surface area contributed by atoms with Gasteiger partial charge in [-0.2, -0.15) is 13.2 Å². The highest BCUT2D eigenvalue weighted by Crippen LogP contribution is 2.59. The van der Waals surface area contributed by atoms with Crippen LogP contribution < -0.4 is 5.30 Å². The molecule has 1 aliphatic rings. The Kier molecular flexibility index (Phi) is 3.32. The van der Waals surface area contributed by atoms with Gasteiger partial charge < -0.3 is 4.52 Å². The van der Waals surface area contributed by atoms with E-state index in [4.69, 9.17) is 9.05 Å². The van der Waals surface area contributed by atoms with Crippen molar-refractivity contribution < 1.29 is 26.8 Å². The summed E-state index contributed by atoms with van der Waals surface area (Å²) in [4.78, 5) is 0. The number of alkyl halides is 3. The minimum Gasteiger partial charge on any atom is -0.305 e. The molecule has 0 N–H and O–H groups in total. The van der Waals surface area contributed by atoms with Gasteiger partial charge in [-0.15, -0.1) is 0 Å². The Morgan fingerprint density at radius 2 is 2.00 bits per heavy atom. The van der Waals surface area contributed by atoms with Gasteiger partial charge in [-0.25, -0.2) is 0 Å². The minimum absolute atomic E-state index is 0.00850. The first-order valence-corrected chi connectivity index (χ1v) is 7.32. The van der Waals surface area contributed by atoms with Crippen LogP contribution in [0.1, 0.15) is 31.9 Å². The number of halogens is 3. The Labute approximate surface area is 109 Å². The van der Waals surface area contributed by atoms with Crippen LogP contribution in [0, 0.1) is 0 Å². The molecule has 0 aromatic heterocycles. The molecule has 3 nitrogen and oxygen atoms in total. The first-order valence-electron chi connectivity index (χ1n) is 5.78. The van der Waals surface area contributed by atoms with E-state index in [2.05, 4.69) is 0 Å². The van der Waals surface area contributed by atoms with E-state index in [1.165, 1.54) is 6.07 Å². The van der Waals surface area contributed by atoms with Gasteiger partial charge >= 0.3 is 13.8 Å². The summed E-state index contributed by atoms with van der Waals surface area (Å²) in [7, 11) is -3.68. The van der Waals surface area contributed by atoms with Crippen LogP contribution >= 0.6 is 7.60 Å². The van der Waals surface area contributed by atoms with Crippen LogP contribution in [0.4, 0.5) is 13.2 Å². The SMILES string of the molecule is CCOP1(=O)OC(C)(C)c2ccc(C(F)(F)F)cc21. The normalized spacial score (nSPS) is 25.4. The number of benzene rings is 1. The fourth-order valence-corrected chi connectivity index (χ4v) is 4.37. The molecule has 0 spiro atoms. The predicted molar refractivity (Wildman–Crippen MR) is 64.4 cm³/mol. The number of hydrogen-bond acceptors (Lipinski definition) is 3. The summed E-state index contributed by atoms with van der Waals surface area (Å²) in [5, 5.41) is 0.00850. The Hall–Kier alpha value is -0.840. The molecule has 0 saturated heterocycles. The lowest BCUT2D eigenvalue weighted by Gasteiger charge is -2.19. The van der Waals surface area contributed by atoms with Gasteiger partial charge in [0, 0.05) is 0 Å². The van der Waals surface area contributed by atoms with Crippen molar-refractivity contribution in [2.24, 2.45) is 0 Å². The summed E-state index contributed by atoms with van der Waals surface area (Å²) in [5.41, 5.74) is -1.31. The second-order valence-electron chi connectivity index (χ2n) is 4.75. The maximum absolute atomic E-state index is 12.7. The van der Waals surface area contributed by atoms with Crippen LogP contribution in [0.2, 0.25) is 0 Å². The molecule has 2 rings (SSSR count). The highest BCUT2D eigenvalue weighted by molar-refractivity contribution is 7.62. The Morgan fingerprint density at radius 1 is 1.37 bits per heavy atom. The fourth-order valence-electron chi connectivity index (χ4n) is 2.11. The van der Waals surface area contributed by atoms with E-state index in [-0.39, 0.29) is 11.9 Å². The van der Waals surface area contributed by atoms with Gasteiger partial charge in [-0.05, 0) is 38.5 Å². The lowest BCUT2D eigenvalue weighted by atomic mass is 9.97. The molecule has 0 fully saturated rings. The molecule has 1 aromatic rings. The molecule has 1 aromatic carbocycles. The highest BCUT2D eigenvalue weighted by atomic mass is 31.2. The standard InChI is InChI=1S/C12H14F3O3P/c1-4-17-19(16)10-7-8(12(13,14)15)5-6-9(10)11(2,3)18-19/h5-7H,4H2,1-3H3. The van der Waals surface area contributed by atoms with Crippen molar-refractivity contribution in [1.29, 1.82) is 0 Å². The Morgan fingerprint density at radius 3 is 2.53 bits per heavy atom. The van der Waals surface area contributed by atoms with Gasteiger partial charge in [0.05, 0.1) is 23.1 Å². The third kappa shape index (κ3) is 2.45. The minimum atomic E-state index is -4.49. The quantitative estimate of drug-likeness (QED) is 0.778. The van der Waals surface area contributed by atoms with E-state index < -0.39 is 24.9 Å². The molecule has 19 heavy (non-hydrogen) atoms. The van der Waals surface area contributed by atoms with Crippen molar-refractivity contribution >= 4 is 12.9 Å². The molecule has 0 radical (unpaired) electrons. The van der Waals surface area contributed by atoms with Crippen molar-refractivity contribution in [3.8, 4) is 0 Å². The van der Waals surface area contributed by atoms with Gasteiger partial charge in [-0.3, -0.25) is 9.09 Å². The summed E-state index contributed by atoms with van der Waals surface area (Å²) >= 11 is 0. The molecule has 0 bridgehead atoms. The van der Waals surface area contributed by atoms with Crippen molar-refractivity contribution in [2.45, 2.75) is 32.5 Å². The maximum atomic E-state index is 12.7. The average molecular weight is 294 g/mol. The smallest absolute Gasteiger partial charge is 0.305 e. The monoisotopic (exact) mass is 294 g/mol. The largest absolute Gasteiger partial charge is 0.416 e. The van der Waals surface area contributed by atoms with Crippen molar-refractivity contribution in [2.75, 3.05) is 6.61 Å². The topological polar surface area (TPSA) is 35.5 Å². The van der Waals surface area contributed by atoms with Crippen LogP contribution in [-0.2, 0) is 25.4 Å². The lowest BCUT2D eigenvalue weighted by molar-refractivity contribution is -0.137. The molecular formula is C12H14F3O3P. The van der Waals surface area contributed by atoms with Crippen LogP contribution in [0.5, 0.6) is 0 Å². The summed E-state index contributed by atoms with van der Waals surface area (Å²) < 4.78 is 61.1. The van der Waals surface area contributed by atoms with E-state index in [1.54, 1.807) is 20.8 Å². The van der Waals surface area contributed by atoms with Gasteiger partial charge in [0.2, 0.25) is 0 Å². The molecule has 0 saturated carbocycles. The van der Waals surface area contributed by atoms with Gasteiger partial charge in [0.15, 0.2) is 0 Å². The summed E-state index contributed by atoms with van der Waals surface area (Å²) in [6.07, 6.45) is -4.49. The van der Waals surface area contributed by atoms with E-state index >= 15 is 0 Å². The number of fused-ring (bicyclic) bond motifs is 1.